The number of imidazole rings is 2. The van der Waals surface area contributed by atoms with Crippen LogP contribution in [-0.4, -0.2) is 81.4 Å². The summed E-state index contributed by atoms with van der Waals surface area (Å²) in [6, 6.07) is 28.8. The highest BCUT2D eigenvalue weighted by Gasteiger charge is 2.38. The van der Waals surface area contributed by atoms with Gasteiger partial charge in [-0.2, -0.15) is 4.89 Å². The van der Waals surface area contributed by atoms with Crippen LogP contribution in [0, 0.1) is 0 Å². The molecule has 0 saturated carbocycles. The van der Waals surface area contributed by atoms with Crippen molar-refractivity contribution in [2.24, 2.45) is 4.99 Å². The lowest BCUT2D eigenvalue weighted by Gasteiger charge is -2.28. The molecule has 3 amide bonds. The van der Waals surface area contributed by atoms with E-state index in [1.54, 1.807) is 4.90 Å². The van der Waals surface area contributed by atoms with Gasteiger partial charge in [-0.05, 0) is 78.6 Å². The molecule has 4 heterocycles. The van der Waals surface area contributed by atoms with Crippen LogP contribution < -0.4 is 5.32 Å². The van der Waals surface area contributed by atoms with Gasteiger partial charge in [0.25, 0.3) is 11.8 Å². The largest absolute Gasteiger partial charge is 0.453 e. The van der Waals surface area contributed by atoms with Crippen LogP contribution in [0.4, 0.5) is 4.79 Å². The van der Waals surface area contributed by atoms with Crippen LogP contribution in [-0.2, 0) is 30.5 Å². The van der Waals surface area contributed by atoms with Crippen molar-refractivity contribution in [3.05, 3.63) is 137 Å². The van der Waals surface area contributed by atoms with Crippen molar-refractivity contribution in [3.8, 4) is 0 Å². The fraction of sp³-hybridized carbons (Fsp3) is 0.289. The first kappa shape index (κ1) is 39.0. The molecule has 8 rings (SSSR count). The minimum Gasteiger partial charge on any atom is -0.453 e. The number of allylic oxidation sites excluding steroid dienone is 1. The number of ether oxygens (including phenoxy) is 1. The number of fused-ring (bicyclic) bond motifs is 2. The summed E-state index contributed by atoms with van der Waals surface area (Å²) in [5.41, 5.74) is 7.04. The zero-order valence-electron chi connectivity index (χ0n) is 32.9. The van der Waals surface area contributed by atoms with Gasteiger partial charge < -0.3 is 34.7 Å². The molecule has 0 spiro atoms. The molecule has 0 radical (unpaired) electrons. The van der Waals surface area contributed by atoms with Gasteiger partial charge >= 0.3 is 6.09 Å². The lowest BCUT2D eigenvalue weighted by Crippen LogP contribution is -2.42. The van der Waals surface area contributed by atoms with Gasteiger partial charge in [0.1, 0.15) is 17.7 Å². The predicted octanol–water partition coefficient (Wildman–Crippen LogP) is 7.47. The lowest BCUT2D eigenvalue weighted by molar-refractivity contribution is -0.188. The zero-order valence-corrected chi connectivity index (χ0v) is 32.9. The molecule has 0 unspecified atom stereocenters. The first-order chi connectivity index (χ1) is 28.9. The molecule has 0 aliphatic carbocycles. The van der Waals surface area contributed by atoms with Gasteiger partial charge in [-0.1, -0.05) is 84.9 Å². The molecule has 14 nitrogen and oxygen atoms in total. The normalized spacial score (nSPS) is 17.9. The Morgan fingerprint density at radius 2 is 1.41 bits per heavy atom. The molecule has 2 fully saturated rings. The van der Waals surface area contributed by atoms with E-state index in [0.717, 1.165) is 82.5 Å². The number of nitrogens with zero attached hydrogens (tertiary/aromatic N) is 5. The molecule has 14 heteroatoms. The third-order valence-electron chi connectivity index (χ3n) is 11.0. The second-order valence-corrected chi connectivity index (χ2v) is 14.7. The molecular formula is C45H46N8O6. The molecule has 2 saturated heterocycles. The minimum atomic E-state index is -0.878. The SMILES string of the molecule is COOC=N[C@H](C(=O)N1CCC[C@H]1c1nc2ccc(C/C=C/c3ccc4nc([C@@H]5CCCN5C(=O)[C@H](NC(=O)OC)c5ccccc5)[nH]c4c3)cc2[nH]1)c1ccccc1. The van der Waals surface area contributed by atoms with E-state index in [-0.39, 0.29) is 23.9 Å². The number of methoxy groups -OCH3 is 1. The number of carbonyl (C=O) groups excluding carboxylic acids is 3. The van der Waals surface area contributed by atoms with Crippen molar-refractivity contribution in [2.75, 3.05) is 27.3 Å². The Balaban J connectivity index is 0.940. The van der Waals surface area contributed by atoms with Gasteiger partial charge in [0.05, 0.1) is 48.4 Å². The summed E-state index contributed by atoms with van der Waals surface area (Å²) in [4.78, 5) is 74.5. The lowest BCUT2D eigenvalue weighted by atomic mass is 10.1. The number of rotatable bonds is 13. The van der Waals surface area contributed by atoms with Crippen LogP contribution in [0.1, 0.15) is 83.8 Å². The smallest absolute Gasteiger partial charge is 0.407 e. The van der Waals surface area contributed by atoms with Crippen molar-refractivity contribution in [2.45, 2.75) is 56.3 Å². The quantitative estimate of drug-likeness (QED) is 0.0469. The zero-order chi connectivity index (χ0) is 40.7. The fourth-order valence-electron chi connectivity index (χ4n) is 8.12. The summed E-state index contributed by atoms with van der Waals surface area (Å²) < 4.78 is 4.84. The predicted molar refractivity (Wildman–Crippen MR) is 223 cm³/mol. The average Bonchev–Trinajstić information content (AvgIpc) is 4.10. The highest BCUT2D eigenvalue weighted by atomic mass is 17.2. The maximum absolute atomic E-state index is 13.9. The first-order valence-electron chi connectivity index (χ1n) is 19.8. The number of H-pyrrole nitrogens is 2. The summed E-state index contributed by atoms with van der Waals surface area (Å²) in [5, 5.41) is 2.72. The molecule has 2 aromatic heterocycles. The van der Waals surface area contributed by atoms with Crippen molar-refractivity contribution >= 4 is 52.5 Å². The van der Waals surface area contributed by atoms with E-state index in [1.165, 1.54) is 14.2 Å². The van der Waals surface area contributed by atoms with Crippen LogP contribution >= 0.6 is 0 Å². The van der Waals surface area contributed by atoms with Crippen LogP contribution in [0.25, 0.3) is 28.1 Å². The number of hydrogen-bond donors (Lipinski definition) is 3. The van der Waals surface area contributed by atoms with E-state index in [2.05, 4.69) is 55.5 Å². The molecule has 2 aliphatic rings. The third-order valence-corrected chi connectivity index (χ3v) is 11.0. The van der Waals surface area contributed by atoms with E-state index in [9.17, 15) is 14.4 Å². The first-order valence-corrected chi connectivity index (χ1v) is 19.8. The fourth-order valence-corrected chi connectivity index (χ4v) is 8.12. The topological polar surface area (TPSA) is 167 Å². The van der Waals surface area contributed by atoms with Crippen LogP contribution in [0.5, 0.6) is 0 Å². The van der Waals surface area contributed by atoms with Crippen molar-refractivity contribution in [1.82, 2.24) is 35.1 Å². The molecule has 6 aromatic rings. The molecule has 59 heavy (non-hydrogen) atoms. The summed E-state index contributed by atoms with van der Waals surface area (Å²) in [7, 11) is 2.67. The number of carbonyl (C=O) groups is 3. The van der Waals surface area contributed by atoms with Gasteiger partial charge in [-0.3, -0.25) is 9.59 Å². The summed E-state index contributed by atoms with van der Waals surface area (Å²) >= 11 is 0. The Bertz CT molecular complexity index is 2480. The van der Waals surface area contributed by atoms with Gasteiger partial charge in [0.15, 0.2) is 6.04 Å². The summed E-state index contributed by atoms with van der Waals surface area (Å²) in [6.45, 7) is 1.16. The average molecular weight is 795 g/mol. The number of aromatic amines is 2. The number of aromatic nitrogens is 4. The second-order valence-electron chi connectivity index (χ2n) is 14.7. The minimum absolute atomic E-state index is 0.122. The number of hydrogen-bond acceptors (Lipinski definition) is 9. The molecule has 4 aromatic carbocycles. The highest BCUT2D eigenvalue weighted by molar-refractivity contribution is 5.88. The third kappa shape index (κ3) is 8.58. The van der Waals surface area contributed by atoms with E-state index in [4.69, 9.17) is 19.6 Å². The Hall–Kier alpha value is -6.80. The van der Waals surface area contributed by atoms with Crippen molar-refractivity contribution < 1.29 is 28.9 Å². The van der Waals surface area contributed by atoms with Gasteiger partial charge in [0, 0.05) is 13.1 Å². The number of alkyl carbamates (subject to hydrolysis) is 1. The maximum atomic E-state index is 13.9. The van der Waals surface area contributed by atoms with Crippen molar-refractivity contribution in [1.29, 1.82) is 0 Å². The van der Waals surface area contributed by atoms with Crippen molar-refractivity contribution in [3.63, 3.8) is 0 Å². The van der Waals surface area contributed by atoms with E-state index >= 15 is 0 Å². The molecule has 3 N–H and O–H groups in total. The Morgan fingerprint density at radius 1 is 0.797 bits per heavy atom. The standard InChI is InChI=1S/C45H46N8O6/c1-57-45(56)51-40(32-16-7-4-8-17-32)44(55)53-25-11-19-38(53)42-48-34-23-21-30(27-36(34)50-42)13-9-12-29-20-22-33-35(26-29)49-41(47-33)37-18-10-24-52(37)43(54)39(46-28-59-58-2)31-14-5-3-6-15-31/h3-9,13-17,20-23,26-28,37-40H,10-12,18-19,24-25H2,1-2H3,(H,47,49)(H,48,50)(H,51,56)/b13-9+,46-28?/t37-,38-,39-,40+/m0/s1. The Kier molecular flexibility index (Phi) is 11.8. The Morgan fingerprint density at radius 3 is 2.05 bits per heavy atom. The summed E-state index contributed by atoms with van der Waals surface area (Å²) in [5.74, 6) is 1.15. The second kappa shape index (κ2) is 17.8. The van der Waals surface area contributed by atoms with E-state index in [1.807, 2.05) is 83.8 Å². The molecule has 4 atom stereocenters. The van der Waals surface area contributed by atoms with Gasteiger partial charge in [-0.15, -0.1) is 0 Å². The molecule has 2 aliphatic heterocycles. The monoisotopic (exact) mass is 794 g/mol. The maximum Gasteiger partial charge on any atom is 0.407 e. The molecule has 0 bridgehead atoms. The van der Waals surface area contributed by atoms with E-state index in [0.29, 0.717) is 25.1 Å². The van der Waals surface area contributed by atoms with Crippen LogP contribution in [0.15, 0.2) is 108 Å². The van der Waals surface area contributed by atoms with Gasteiger partial charge in [-0.25, -0.2) is 19.8 Å². The van der Waals surface area contributed by atoms with Crippen LogP contribution in [0.2, 0.25) is 0 Å². The number of aliphatic imine (C=N–C) groups is 1. The number of likely N-dealkylation sites (tertiary alicyclic amines) is 2. The van der Waals surface area contributed by atoms with Gasteiger partial charge in [0.2, 0.25) is 6.40 Å². The highest BCUT2D eigenvalue weighted by Crippen LogP contribution is 2.36. The number of amides is 3. The molecular weight excluding hydrogens is 749 g/mol. The summed E-state index contributed by atoms with van der Waals surface area (Å²) in [6.07, 6.45) is 8.64. The van der Waals surface area contributed by atoms with E-state index < -0.39 is 18.2 Å². The number of nitrogens with one attached hydrogen (secondary N) is 3. The Labute approximate surface area is 341 Å². The van der Waals surface area contributed by atoms with Crippen LogP contribution in [0.3, 0.4) is 0 Å². The molecule has 302 valence electrons. The number of benzene rings is 4.